The number of nitrogens with zero attached hydrogens (tertiary/aromatic N) is 1. The summed E-state index contributed by atoms with van der Waals surface area (Å²) in [5, 5.41) is 0. The minimum atomic E-state index is -5.65. The first kappa shape index (κ1) is 69.9. The molecule has 0 bridgehead atoms. The Labute approximate surface area is 450 Å². The lowest BCUT2D eigenvalue weighted by Gasteiger charge is -2.47. The minimum Gasteiger partial charge on any atom is -0.490 e. The lowest BCUT2D eigenvalue weighted by molar-refractivity contribution is -0.958. The van der Waals surface area contributed by atoms with Crippen molar-refractivity contribution in [3.05, 3.63) is 123 Å². The Morgan fingerprint density at radius 3 is 1.01 bits per heavy atom. The Bertz CT molecular complexity index is 2400. The first-order valence-corrected chi connectivity index (χ1v) is 24.9. The summed E-state index contributed by atoms with van der Waals surface area (Å²) >= 11 is 0. The lowest BCUT2D eigenvalue weighted by atomic mass is 9.88. The van der Waals surface area contributed by atoms with E-state index in [1.807, 2.05) is 6.92 Å². The van der Waals surface area contributed by atoms with Gasteiger partial charge in [-0.3, -0.25) is 0 Å². The fourth-order valence-corrected chi connectivity index (χ4v) is 8.51. The van der Waals surface area contributed by atoms with E-state index < -0.39 is 142 Å². The highest BCUT2D eigenvalue weighted by Gasteiger charge is 2.49. The summed E-state index contributed by atoms with van der Waals surface area (Å²) < 4.78 is 346. The first-order chi connectivity index (χ1) is 37.0. The van der Waals surface area contributed by atoms with Gasteiger partial charge in [0.2, 0.25) is 0 Å². The molecule has 4 aromatic carbocycles. The maximum absolute atomic E-state index is 15.5. The molecule has 4 aromatic rings. The average Bonchev–Trinajstić information content (AvgIpc) is 3.33. The molecule has 0 radical (unpaired) electrons. The van der Waals surface area contributed by atoms with E-state index in [-0.39, 0.29) is 79.4 Å². The van der Waals surface area contributed by atoms with Gasteiger partial charge >= 0.3 is 56.7 Å². The number of benzene rings is 4. The number of hydrogen-bond donors (Lipinski definition) is 0. The SMILES string of the molecule is CCCCCCCC(c1c(OB(Oc2cc(C(F)(F)F)cc(C(F)(F)F)c2)Oc2cc(C(F)(F)F)cc(C(F)(F)F)c2)cc(C(F)(F)F)cc1C(F)(F)F)[N+](CCCC)(CCCC)CCCC.FC(F)(F)c1c[c-]cc(C(F)(F)F)c1. The molecule has 0 spiro atoms. The van der Waals surface area contributed by atoms with Gasteiger partial charge in [0.05, 0.1) is 58.6 Å². The van der Waals surface area contributed by atoms with Crippen LogP contribution in [0.3, 0.4) is 0 Å². The van der Waals surface area contributed by atoms with E-state index in [0.717, 1.165) is 6.42 Å². The van der Waals surface area contributed by atoms with Crippen LogP contribution in [0.15, 0.2) is 66.7 Å². The van der Waals surface area contributed by atoms with Crippen molar-refractivity contribution >= 4 is 7.32 Å². The molecule has 0 fully saturated rings. The number of alkyl halides is 24. The molecule has 4 nitrogen and oxygen atoms in total. The van der Waals surface area contributed by atoms with Gasteiger partial charge in [0.1, 0.15) is 23.3 Å². The molecule has 1 atom stereocenters. The molecule has 81 heavy (non-hydrogen) atoms. The van der Waals surface area contributed by atoms with Crippen LogP contribution in [0.25, 0.3) is 0 Å². The van der Waals surface area contributed by atoms with E-state index >= 15 is 13.2 Å². The van der Waals surface area contributed by atoms with Gasteiger partial charge in [-0.2, -0.15) is 124 Å². The van der Waals surface area contributed by atoms with E-state index in [1.54, 1.807) is 26.8 Å². The van der Waals surface area contributed by atoms with Crippen LogP contribution >= 0.6 is 0 Å². The lowest BCUT2D eigenvalue weighted by Crippen LogP contribution is -2.53. The van der Waals surface area contributed by atoms with Crippen LogP contribution in [0.4, 0.5) is 105 Å². The predicted octanol–water partition coefficient (Wildman–Crippen LogP) is 20.5. The molecule has 0 aromatic heterocycles. The van der Waals surface area contributed by atoms with Gasteiger partial charge in [-0.15, -0.1) is 6.07 Å². The predicted molar refractivity (Wildman–Crippen MR) is 248 cm³/mol. The van der Waals surface area contributed by atoms with Crippen LogP contribution in [0, 0.1) is 6.07 Å². The van der Waals surface area contributed by atoms with E-state index in [9.17, 15) is 92.2 Å². The average molecular weight is 1210 g/mol. The second kappa shape index (κ2) is 27.8. The van der Waals surface area contributed by atoms with Gasteiger partial charge in [-0.1, -0.05) is 83.8 Å². The summed E-state index contributed by atoms with van der Waals surface area (Å²) in [7, 11) is -3.27. The van der Waals surface area contributed by atoms with Crippen LogP contribution in [0.5, 0.6) is 17.2 Å². The molecule has 456 valence electrons. The summed E-state index contributed by atoms with van der Waals surface area (Å²) in [6.07, 6.45) is -38.0. The maximum Gasteiger partial charge on any atom is 0.864 e. The van der Waals surface area contributed by atoms with Crippen molar-refractivity contribution in [1.29, 1.82) is 0 Å². The van der Waals surface area contributed by atoms with Crippen LogP contribution in [-0.2, 0) is 49.4 Å². The second-order valence-electron chi connectivity index (χ2n) is 18.7. The van der Waals surface area contributed by atoms with Crippen LogP contribution in [0.2, 0.25) is 0 Å². The van der Waals surface area contributed by atoms with E-state index in [2.05, 4.69) is 0 Å². The van der Waals surface area contributed by atoms with Gasteiger partial charge in [0.25, 0.3) is 0 Å². The standard InChI is InChI=1S/C44H51BF18NO3.C8H3F6/c1-5-9-13-14-15-16-36(64(17-10-6-2,18-11-7-3)19-12-8-4)38-35(44(61,62)63)26-32(43(58,59)60)27-37(38)67-45(65-33-22-28(39(46,47)48)20-29(23-33)40(49,50)51)66-34-24-30(41(52,53)54)21-31(25-34)42(55,56)57;9-7(10,11)5-2-1-3-6(4-5)8(12,13)14/h20-27,36H,5-19H2,1-4H3;2-4H/q+1;-1. The van der Waals surface area contributed by atoms with Gasteiger partial charge in [0, 0.05) is 6.42 Å². The molecule has 0 aliphatic carbocycles. The van der Waals surface area contributed by atoms with Gasteiger partial charge in [-0.25, -0.2) is 0 Å². The molecule has 0 amide bonds. The molecule has 0 heterocycles. The molecule has 0 N–H and O–H groups in total. The number of rotatable bonds is 23. The summed E-state index contributed by atoms with van der Waals surface area (Å²) in [5.74, 6) is -4.54. The van der Waals surface area contributed by atoms with Crippen molar-refractivity contribution < 1.29 is 124 Å². The Kier molecular flexibility index (Phi) is 24.0. The highest BCUT2D eigenvalue weighted by molar-refractivity contribution is 6.39. The number of unbranched alkanes of at least 4 members (excludes halogenated alkanes) is 7. The molecule has 0 saturated carbocycles. The molecule has 1 unspecified atom stereocenters. The maximum atomic E-state index is 15.5. The zero-order chi connectivity index (χ0) is 61.8. The van der Waals surface area contributed by atoms with Gasteiger partial charge in [0.15, 0.2) is 0 Å². The summed E-state index contributed by atoms with van der Waals surface area (Å²) in [4.78, 5) is 0. The van der Waals surface area contributed by atoms with Crippen molar-refractivity contribution in [2.45, 2.75) is 160 Å². The number of quaternary nitrogens is 1. The number of halogens is 24. The van der Waals surface area contributed by atoms with Crippen LogP contribution in [0.1, 0.15) is 161 Å². The summed E-state index contributed by atoms with van der Waals surface area (Å²) in [6.45, 7) is 7.75. The zero-order valence-corrected chi connectivity index (χ0v) is 43.4. The fourth-order valence-electron chi connectivity index (χ4n) is 8.51. The van der Waals surface area contributed by atoms with E-state index in [4.69, 9.17) is 14.0 Å². The molecular formula is C52H54BF24NO3. The Hall–Kier alpha value is -5.38. The van der Waals surface area contributed by atoms with Crippen molar-refractivity contribution in [3.63, 3.8) is 0 Å². The third-order valence-corrected chi connectivity index (χ3v) is 12.5. The number of hydrogen-bond acceptors (Lipinski definition) is 3. The van der Waals surface area contributed by atoms with Crippen molar-refractivity contribution in [2.75, 3.05) is 19.6 Å². The highest BCUT2D eigenvalue weighted by atomic mass is 19.4. The first-order valence-electron chi connectivity index (χ1n) is 24.9. The van der Waals surface area contributed by atoms with Crippen LogP contribution in [-0.4, -0.2) is 31.4 Å². The summed E-state index contributed by atoms with van der Waals surface area (Å²) in [5.41, 5.74) is -16.0. The van der Waals surface area contributed by atoms with Crippen molar-refractivity contribution in [2.24, 2.45) is 0 Å². The molecular weight excluding hydrogens is 1150 g/mol. The van der Waals surface area contributed by atoms with Crippen molar-refractivity contribution in [1.82, 2.24) is 0 Å². The largest absolute Gasteiger partial charge is 0.864 e. The zero-order valence-electron chi connectivity index (χ0n) is 43.4. The van der Waals surface area contributed by atoms with E-state index in [1.165, 1.54) is 0 Å². The Balaban J connectivity index is 0.00000107. The molecule has 0 saturated heterocycles. The van der Waals surface area contributed by atoms with E-state index in [0.29, 0.717) is 69.9 Å². The Morgan fingerprint density at radius 1 is 0.370 bits per heavy atom. The van der Waals surface area contributed by atoms with Gasteiger partial charge in [-0.05, 0) is 74.2 Å². The van der Waals surface area contributed by atoms with Gasteiger partial charge < -0.3 is 18.4 Å². The fraction of sp³-hybridized carbons (Fsp3) is 0.538. The highest BCUT2D eigenvalue weighted by Crippen LogP contribution is 2.50. The molecule has 29 heteroatoms. The smallest absolute Gasteiger partial charge is 0.490 e. The molecule has 0 aliphatic rings. The third kappa shape index (κ3) is 21.1. The Morgan fingerprint density at radius 2 is 0.691 bits per heavy atom. The van der Waals surface area contributed by atoms with Crippen molar-refractivity contribution in [3.8, 4) is 17.2 Å². The monoisotopic (exact) mass is 1210 g/mol. The molecule has 0 aliphatic heterocycles. The molecule has 4 rings (SSSR count). The normalized spacial score (nSPS) is 13.6. The second-order valence-corrected chi connectivity index (χ2v) is 18.7. The minimum absolute atomic E-state index is 0.0447. The topological polar surface area (TPSA) is 27.7 Å². The quantitative estimate of drug-likeness (QED) is 0.0244. The third-order valence-electron chi connectivity index (χ3n) is 12.5. The van der Waals surface area contributed by atoms with Crippen LogP contribution < -0.4 is 14.0 Å². The summed E-state index contributed by atoms with van der Waals surface area (Å²) in [6, 6.07) is -0.0686.